The smallest absolute Gasteiger partial charge is 0.186 e. The van der Waals surface area contributed by atoms with Crippen LogP contribution in [0.5, 0.6) is 0 Å². The highest BCUT2D eigenvalue weighted by molar-refractivity contribution is 7.96. The molecular formula is C22H25Cl2N3OS2. The molecule has 0 saturated carbocycles. The summed E-state index contributed by atoms with van der Waals surface area (Å²) in [4.78, 5) is 18.8. The minimum Gasteiger partial charge on any atom is -0.343 e. The van der Waals surface area contributed by atoms with E-state index in [0.29, 0.717) is 17.3 Å². The van der Waals surface area contributed by atoms with Crippen molar-refractivity contribution in [2.45, 2.75) is 19.9 Å². The minimum atomic E-state index is 0.507. The van der Waals surface area contributed by atoms with Gasteiger partial charge in [-0.2, -0.15) is 0 Å². The first-order valence-electron chi connectivity index (χ1n) is 9.33. The standard InChI is InChI=1S/C20H18Cl2N2OS.C2H7NS/c1-14-19(13-25)23-20(26-14)24(12-16-3-2-4-18(22)11-16)10-9-15-5-7-17(21)8-6-15;1-3-4-2/h2-8,11,13H,9-10,12H2,1H3;3H,1-2H3. The molecular weight excluding hydrogens is 457 g/mol. The first-order valence-corrected chi connectivity index (χ1v) is 12.1. The third-order valence-corrected chi connectivity index (χ3v) is 6.20. The van der Waals surface area contributed by atoms with E-state index in [4.69, 9.17) is 23.2 Å². The molecule has 0 radical (unpaired) electrons. The van der Waals surface area contributed by atoms with Gasteiger partial charge in [-0.1, -0.05) is 59.4 Å². The Hall–Kier alpha value is -1.57. The van der Waals surface area contributed by atoms with Crippen molar-refractivity contribution in [1.29, 1.82) is 0 Å². The molecule has 0 saturated heterocycles. The molecule has 0 atom stereocenters. The summed E-state index contributed by atoms with van der Waals surface area (Å²) in [7, 11) is 1.89. The SMILES string of the molecule is CNSC.Cc1sc(N(CCc2ccc(Cl)cc2)Cc2cccc(Cl)c2)nc1C=O. The van der Waals surface area contributed by atoms with Crippen LogP contribution in [0.4, 0.5) is 5.13 Å². The summed E-state index contributed by atoms with van der Waals surface area (Å²) in [6.45, 7) is 3.38. The van der Waals surface area contributed by atoms with Gasteiger partial charge in [-0.25, -0.2) is 4.98 Å². The average Bonchev–Trinajstić information content (AvgIpc) is 3.13. The Morgan fingerprint density at radius 1 is 1.13 bits per heavy atom. The van der Waals surface area contributed by atoms with Crippen molar-refractivity contribution in [3.05, 3.63) is 80.3 Å². The number of thiazole rings is 1. The number of aryl methyl sites for hydroxylation is 1. The van der Waals surface area contributed by atoms with Gasteiger partial charge in [0.1, 0.15) is 5.69 Å². The molecule has 3 aromatic rings. The highest BCUT2D eigenvalue weighted by Gasteiger charge is 2.15. The summed E-state index contributed by atoms with van der Waals surface area (Å²) in [6.07, 6.45) is 3.65. The van der Waals surface area contributed by atoms with Crippen LogP contribution in [0.15, 0.2) is 48.5 Å². The van der Waals surface area contributed by atoms with Crippen molar-refractivity contribution in [1.82, 2.24) is 9.71 Å². The number of hydrogen-bond acceptors (Lipinski definition) is 6. The highest BCUT2D eigenvalue weighted by atomic mass is 35.5. The Labute approximate surface area is 196 Å². The molecule has 0 fully saturated rings. The first kappa shape index (κ1) is 24.7. The molecule has 0 spiro atoms. The normalized spacial score (nSPS) is 10.3. The second-order valence-corrected chi connectivity index (χ2v) is 9.26. The number of halogens is 2. The summed E-state index contributed by atoms with van der Waals surface area (Å²) in [5, 5.41) is 2.29. The zero-order valence-corrected chi connectivity index (χ0v) is 20.3. The molecule has 8 heteroatoms. The van der Waals surface area contributed by atoms with E-state index >= 15 is 0 Å². The monoisotopic (exact) mass is 481 g/mol. The maximum Gasteiger partial charge on any atom is 0.186 e. The molecule has 160 valence electrons. The first-order chi connectivity index (χ1) is 14.5. The number of anilines is 1. The zero-order valence-electron chi connectivity index (χ0n) is 17.2. The zero-order chi connectivity index (χ0) is 21.9. The number of nitrogens with zero attached hydrogens (tertiary/aromatic N) is 2. The van der Waals surface area contributed by atoms with E-state index in [-0.39, 0.29) is 0 Å². The highest BCUT2D eigenvalue weighted by Crippen LogP contribution is 2.27. The molecule has 1 N–H and O–H groups in total. The van der Waals surface area contributed by atoms with Crippen LogP contribution in [-0.2, 0) is 13.0 Å². The predicted molar refractivity (Wildman–Crippen MR) is 132 cm³/mol. The van der Waals surface area contributed by atoms with Crippen LogP contribution in [0, 0.1) is 6.92 Å². The number of carbonyl (C=O) groups is 1. The van der Waals surface area contributed by atoms with Gasteiger partial charge in [0, 0.05) is 28.0 Å². The van der Waals surface area contributed by atoms with Gasteiger partial charge in [-0.15, -0.1) is 11.3 Å². The maximum atomic E-state index is 11.2. The second-order valence-electron chi connectivity index (χ2n) is 6.39. The van der Waals surface area contributed by atoms with Gasteiger partial charge in [-0.3, -0.25) is 9.52 Å². The van der Waals surface area contributed by atoms with Crippen molar-refractivity contribution >= 4 is 57.9 Å². The van der Waals surface area contributed by atoms with E-state index in [1.807, 2.05) is 68.8 Å². The Morgan fingerprint density at radius 2 is 1.83 bits per heavy atom. The lowest BCUT2D eigenvalue weighted by Crippen LogP contribution is -2.25. The van der Waals surface area contributed by atoms with Crippen molar-refractivity contribution in [3.8, 4) is 0 Å². The van der Waals surface area contributed by atoms with Crippen LogP contribution >= 0.6 is 46.5 Å². The number of rotatable bonds is 8. The van der Waals surface area contributed by atoms with E-state index in [1.165, 1.54) is 16.9 Å². The van der Waals surface area contributed by atoms with E-state index < -0.39 is 0 Å². The maximum absolute atomic E-state index is 11.2. The molecule has 0 aliphatic carbocycles. The largest absolute Gasteiger partial charge is 0.343 e. The summed E-state index contributed by atoms with van der Waals surface area (Å²) >= 11 is 15.2. The Morgan fingerprint density at radius 3 is 2.40 bits per heavy atom. The molecule has 1 aromatic heterocycles. The summed E-state index contributed by atoms with van der Waals surface area (Å²) < 4.78 is 2.85. The molecule has 0 amide bonds. The Kier molecular flexibility index (Phi) is 10.7. The fourth-order valence-corrected chi connectivity index (χ4v) is 3.89. The second kappa shape index (κ2) is 13.0. The van der Waals surface area contributed by atoms with Gasteiger partial charge in [-0.05, 0) is 62.0 Å². The fourth-order valence-electron chi connectivity index (χ4n) is 2.65. The predicted octanol–water partition coefficient (Wildman–Crippen LogP) is 6.30. The van der Waals surface area contributed by atoms with Crippen LogP contribution in [0.3, 0.4) is 0 Å². The molecule has 3 rings (SSSR count). The molecule has 1 heterocycles. The number of aromatic nitrogens is 1. The number of carbonyl (C=O) groups excluding carboxylic acids is 1. The van der Waals surface area contributed by atoms with Crippen molar-refractivity contribution in [3.63, 3.8) is 0 Å². The lowest BCUT2D eigenvalue weighted by Gasteiger charge is -2.22. The van der Waals surface area contributed by atoms with Crippen LogP contribution in [0.1, 0.15) is 26.5 Å². The summed E-state index contributed by atoms with van der Waals surface area (Å²) in [5.74, 6) is 0. The van der Waals surface area contributed by atoms with E-state index in [9.17, 15) is 4.79 Å². The number of aldehydes is 1. The average molecular weight is 483 g/mol. The van der Waals surface area contributed by atoms with Crippen LogP contribution in [-0.4, -0.2) is 31.1 Å². The fraction of sp³-hybridized carbons (Fsp3) is 0.273. The molecule has 0 bridgehead atoms. The Bertz CT molecular complexity index is 930. The number of nitrogens with one attached hydrogen (secondary N) is 1. The lowest BCUT2D eigenvalue weighted by molar-refractivity contribution is 0.111. The van der Waals surface area contributed by atoms with Gasteiger partial charge in [0.05, 0.1) is 0 Å². The third kappa shape index (κ3) is 7.93. The summed E-state index contributed by atoms with van der Waals surface area (Å²) in [5.41, 5.74) is 2.82. The third-order valence-electron chi connectivity index (χ3n) is 4.25. The minimum absolute atomic E-state index is 0.507. The number of hydrogen-bond donors (Lipinski definition) is 1. The van der Waals surface area contributed by atoms with Gasteiger partial charge >= 0.3 is 0 Å². The molecule has 0 aliphatic rings. The molecule has 0 aliphatic heterocycles. The summed E-state index contributed by atoms with van der Waals surface area (Å²) in [6, 6.07) is 15.7. The number of benzene rings is 2. The Balaban J connectivity index is 0.000000735. The van der Waals surface area contributed by atoms with Crippen molar-refractivity contribution in [2.24, 2.45) is 0 Å². The van der Waals surface area contributed by atoms with Gasteiger partial charge < -0.3 is 4.90 Å². The van der Waals surface area contributed by atoms with E-state index in [2.05, 4.69) is 14.6 Å². The van der Waals surface area contributed by atoms with Crippen molar-refractivity contribution in [2.75, 3.05) is 24.7 Å². The molecule has 2 aromatic carbocycles. The quantitative estimate of drug-likeness (QED) is 0.301. The lowest BCUT2D eigenvalue weighted by atomic mass is 10.1. The van der Waals surface area contributed by atoms with E-state index in [1.54, 1.807) is 11.9 Å². The topological polar surface area (TPSA) is 45.2 Å². The van der Waals surface area contributed by atoms with Gasteiger partial charge in [0.25, 0.3) is 0 Å². The van der Waals surface area contributed by atoms with Crippen LogP contribution in [0.2, 0.25) is 10.0 Å². The van der Waals surface area contributed by atoms with Crippen molar-refractivity contribution < 1.29 is 4.79 Å². The van der Waals surface area contributed by atoms with Crippen LogP contribution < -0.4 is 9.62 Å². The van der Waals surface area contributed by atoms with Gasteiger partial charge in [0.15, 0.2) is 11.4 Å². The van der Waals surface area contributed by atoms with Crippen LogP contribution in [0.25, 0.3) is 0 Å². The molecule has 4 nitrogen and oxygen atoms in total. The van der Waals surface area contributed by atoms with E-state index in [0.717, 1.165) is 39.8 Å². The molecule has 30 heavy (non-hydrogen) atoms. The molecule has 0 unspecified atom stereocenters. The van der Waals surface area contributed by atoms with Gasteiger partial charge in [0.2, 0.25) is 0 Å².